The van der Waals surface area contributed by atoms with Gasteiger partial charge in [-0.2, -0.15) is 0 Å². The van der Waals surface area contributed by atoms with Gasteiger partial charge in [0.1, 0.15) is 6.04 Å². The van der Waals surface area contributed by atoms with Crippen molar-refractivity contribution in [1.29, 1.82) is 0 Å². The molecule has 146 valence electrons. The van der Waals surface area contributed by atoms with Crippen LogP contribution in [0.5, 0.6) is 0 Å². The van der Waals surface area contributed by atoms with Crippen molar-refractivity contribution in [2.24, 2.45) is 0 Å². The number of halogens is 2. The van der Waals surface area contributed by atoms with Gasteiger partial charge in [0.05, 0.1) is 16.8 Å². The molecule has 1 aromatic carbocycles. The topological polar surface area (TPSA) is 98.8 Å². The summed E-state index contributed by atoms with van der Waals surface area (Å²) < 4.78 is 29.6. The number of piperidine rings is 2. The number of nitrogens with zero attached hydrogens (tertiary/aromatic N) is 2. The summed E-state index contributed by atoms with van der Waals surface area (Å²) in [7, 11) is 0. The Morgan fingerprint density at radius 1 is 1.00 bits per heavy atom. The molecule has 1 aromatic rings. The quantitative estimate of drug-likeness (QED) is 0.686. The summed E-state index contributed by atoms with van der Waals surface area (Å²) in [6.07, 6.45) is 0.755. The van der Waals surface area contributed by atoms with Crippen molar-refractivity contribution in [3.05, 3.63) is 28.8 Å². The molecule has 8 nitrogen and oxygen atoms in total. The highest BCUT2D eigenvalue weighted by Crippen LogP contribution is 2.40. The summed E-state index contributed by atoms with van der Waals surface area (Å²) in [6.45, 7) is 1.26. The fourth-order valence-electron chi connectivity index (χ4n) is 4.61. The van der Waals surface area contributed by atoms with Crippen LogP contribution in [0.1, 0.15) is 40.0 Å². The summed E-state index contributed by atoms with van der Waals surface area (Å²) in [5.74, 6) is -5.74. The Kier molecular flexibility index (Phi) is 3.57. The second kappa shape index (κ2) is 5.81. The normalized spacial score (nSPS) is 29.0. The summed E-state index contributed by atoms with van der Waals surface area (Å²) in [5, 5.41) is 5.25. The number of piperazine rings is 1. The number of amides is 4. The van der Waals surface area contributed by atoms with E-state index in [-0.39, 0.29) is 36.2 Å². The standard InChI is InChI=1S/C18H16F2N4O4/c19-14-11(23-7-3-8(23)6-21-5-7)4-9-13(15(14)20)18(28)24(17(9)27)10-1-2-12(25)22-16(10)26/h4,7-8,10,21H,1-3,5-6H2,(H,22,25,26). The van der Waals surface area contributed by atoms with Gasteiger partial charge < -0.3 is 10.2 Å². The molecule has 3 fully saturated rings. The van der Waals surface area contributed by atoms with Crippen molar-refractivity contribution in [1.82, 2.24) is 15.5 Å². The zero-order valence-electron chi connectivity index (χ0n) is 14.6. The fourth-order valence-corrected chi connectivity index (χ4v) is 4.61. The van der Waals surface area contributed by atoms with Crippen LogP contribution >= 0.6 is 0 Å². The summed E-state index contributed by atoms with van der Waals surface area (Å²) in [6, 6.07) is 0.00143. The number of nitrogens with one attached hydrogen (secondary N) is 2. The van der Waals surface area contributed by atoms with Crippen molar-refractivity contribution in [3.63, 3.8) is 0 Å². The third kappa shape index (κ3) is 2.17. The van der Waals surface area contributed by atoms with Crippen LogP contribution in [0.25, 0.3) is 0 Å². The van der Waals surface area contributed by atoms with Gasteiger partial charge in [-0.3, -0.25) is 29.4 Å². The van der Waals surface area contributed by atoms with Crippen molar-refractivity contribution in [3.8, 4) is 0 Å². The average molecular weight is 390 g/mol. The first kappa shape index (κ1) is 17.2. The lowest BCUT2D eigenvalue weighted by Crippen LogP contribution is -2.68. The zero-order valence-corrected chi connectivity index (χ0v) is 14.6. The highest BCUT2D eigenvalue weighted by molar-refractivity contribution is 6.24. The van der Waals surface area contributed by atoms with Gasteiger partial charge in [-0.05, 0) is 18.9 Å². The lowest BCUT2D eigenvalue weighted by atomic mass is 9.87. The van der Waals surface area contributed by atoms with E-state index in [2.05, 4.69) is 10.6 Å². The molecule has 4 amide bonds. The lowest BCUT2D eigenvalue weighted by molar-refractivity contribution is -0.136. The first-order valence-corrected chi connectivity index (χ1v) is 9.11. The predicted molar refractivity (Wildman–Crippen MR) is 90.6 cm³/mol. The van der Waals surface area contributed by atoms with Gasteiger partial charge in [-0.15, -0.1) is 0 Å². The molecule has 2 N–H and O–H groups in total. The molecule has 3 saturated heterocycles. The molecular formula is C18H16F2N4O4. The number of hydrogen-bond acceptors (Lipinski definition) is 6. The van der Waals surface area contributed by atoms with Gasteiger partial charge in [-0.25, -0.2) is 8.78 Å². The van der Waals surface area contributed by atoms with Crippen LogP contribution in [-0.2, 0) is 9.59 Å². The van der Waals surface area contributed by atoms with E-state index >= 15 is 0 Å². The Balaban J connectivity index is 1.55. The van der Waals surface area contributed by atoms with E-state index in [1.807, 2.05) is 0 Å². The molecule has 0 radical (unpaired) electrons. The monoisotopic (exact) mass is 390 g/mol. The Bertz CT molecular complexity index is 951. The van der Waals surface area contributed by atoms with E-state index in [9.17, 15) is 28.0 Å². The molecule has 4 aliphatic heterocycles. The molecule has 4 aliphatic rings. The van der Waals surface area contributed by atoms with Crippen LogP contribution in [0.3, 0.4) is 0 Å². The van der Waals surface area contributed by atoms with Crippen LogP contribution in [0.2, 0.25) is 0 Å². The molecule has 0 aliphatic carbocycles. The number of benzene rings is 1. The van der Waals surface area contributed by atoms with E-state index in [1.165, 1.54) is 6.07 Å². The van der Waals surface area contributed by atoms with Gasteiger partial charge in [0.25, 0.3) is 11.8 Å². The molecule has 5 rings (SSSR count). The third-order valence-corrected chi connectivity index (χ3v) is 5.96. The number of anilines is 1. The second-order valence-electron chi connectivity index (χ2n) is 7.50. The summed E-state index contributed by atoms with van der Waals surface area (Å²) in [4.78, 5) is 51.3. The van der Waals surface area contributed by atoms with Crippen molar-refractivity contribution >= 4 is 29.3 Å². The minimum atomic E-state index is -1.38. The highest BCUT2D eigenvalue weighted by Gasteiger charge is 2.49. The maximum atomic E-state index is 14.8. The average Bonchev–Trinajstić information content (AvgIpc) is 2.91. The Morgan fingerprint density at radius 2 is 1.71 bits per heavy atom. The third-order valence-electron chi connectivity index (χ3n) is 5.96. The van der Waals surface area contributed by atoms with Gasteiger partial charge in [0.2, 0.25) is 11.8 Å². The first-order valence-electron chi connectivity index (χ1n) is 9.11. The molecular weight excluding hydrogens is 374 g/mol. The molecule has 0 aromatic heterocycles. The smallest absolute Gasteiger partial charge is 0.265 e. The number of carbonyl (C=O) groups is 4. The Morgan fingerprint density at radius 3 is 2.36 bits per heavy atom. The number of carbonyl (C=O) groups excluding carboxylic acids is 4. The molecule has 3 unspecified atom stereocenters. The van der Waals surface area contributed by atoms with Crippen LogP contribution in [-0.4, -0.2) is 59.7 Å². The summed E-state index contributed by atoms with van der Waals surface area (Å²) in [5.41, 5.74) is -0.938. The van der Waals surface area contributed by atoms with E-state index in [1.54, 1.807) is 4.90 Å². The van der Waals surface area contributed by atoms with Gasteiger partial charge in [0.15, 0.2) is 11.6 Å². The second-order valence-corrected chi connectivity index (χ2v) is 7.50. The maximum absolute atomic E-state index is 14.8. The number of imide groups is 2. The SMILES string of the molecule is O=C1CCC(N2C(=O)c3cc(N4C5CNCC4C5)c(F)c(F)c3C2=O)C(=O)N1. The highest BCUT2D eigenvalue weighted by atomic mass is 19.2. The van der Waals surface area contributed by atoms with E-state index in [0.717, 1.165) is 6.42 Å². The van der Waals surface area contributed by atoms with E-state index in [0.29, 0.717) is 18.0 Å². The molecule has 28 heavy (non-hydrogen) atoms. The maximum Gasteiger partial charge on any atom is 0.265 e. The zero-order chi connectivity index (χ0) is 19.7. The number of rotatable bonds is 2. The van der Waals surface area contributed by atoms with Crippen LogP contribution < -0.4 is 15.5 Å². The minimum Gasteiger partial charge on any atom is -0.360 e. The minimum absolute atomic E-state index is 0.00384. The van der Waals surface area contributed by atoms with Crippen molar-refractivity contribution < 1.29 is 28.0 Å². The largest absolute Gasteiger partial charge is 0.360 e. The van der Waals surface area contributed by atoms with Crippen molar-refractivity contribution in [2.45, 2.75) is 37.4 Å². The summed E-state index contributed by atoms with van der Waals surface area (Å²) >= 11 is 0. The van der Waals surface area contributed by atoms with Gasteiger partial charge >= 0.3 is 0 Å². The fraction of sp³-hybridized carbons (Fsp3) is 0.444. The molecule has 4 heterocycles. The van der Waals surface area contributed by atoms with Crippen molar-refractivity contribution in [2.75, 3.05) is 18.0 Å². The predicted octanol–water partition coefficient (Wildman–Crippen LogP) is -0.0835. The number of fused-ring (bicyclic) bond motifs is 3. The molecule has 0 saturated carbocycles. The number of hydrogen-bond donors (Lipinski definition) is 2. The van der Waals surface area contributed by atoms with Crippen LogP contribution in [0.4, 0.5) is 14.5 Å². The first-order chi connectivity index (χ1) is 13.4. The van der Waals surface area contributed by atoms with Gasteiger partial charge in [-0.1, -0.05) is 0 Å². The Hall–Kier alpha value is -2.88. The molecule has 10 heteroatoms. The molecule has 3 atom stereocenters. The van der Waals surface area contributed by atoms with E-state index in [4.69, 9.17) is 0 Å². The van der Waals surface area contributed by atoms with E-state index < -0.39 is 46.9 Å². The molecule has 0 spiro atoms. The lowest BCUT2D eigenvalue weighted by Gasteiger charge is -2.54. The molecule has 2 bridgehead atoms. The van der Waals surface area contributed by atoms with Crippen LogP contribution in [0, 0.1) is 11.6 Å². The van der Waals surface area contributed by atoms with Gasteiger partial charge in [0, 0.05) is 31.6 Å². The van der Waals surface area contributed by atoms with Crippen LogP contribution in [0.15, 0.2) is 6.07 Å². The Labute approximate surface area is 157 Å².